The Morgan fingerprint density at radius 2 is 0.754 bits per heavy atom. The van der Waals surface area contributed by atoms with Crippen LogP contribution in [0.2, 0.25) is 0 Å². The quantitative estimate of drug-likeness (QED) is 0.0264. The van der Waals surface area contributed by atoms with Gasteiger partial charge < -0.3 is 20.1 Å². The zero-order valence-electron chi connectivity index (χ0n) is 43.5. The summed E-state index contributed by atoms with van der Waals surface area (Å²) >= 11 is 0. The topological polar surface area (TPSA) is 134 Å². The summed E-state index contributed by atoms with van der Waals surface area (Å²) in [5, 5.41) is 0. The average Bonchev–Trinajstić information content (AvgIpc) is 3.34. The molecule has 0 aliphatic heterocycles. The van der Waals surface area contributed by atoms with E-state index in [2.05, 4.69) is 135 Å². The number of nitrogens with two attached hydrogens (primary N) is 1. The summed E-state index contributed by atoms with van der Waals surface area (Å²) in [7, 11) is -4.40. The minimum Gasteiger partial charge on any atom is -0.462 e. The fourth-order valence-electron chi connectivity index (χ4n) is 6.92. The molecular weight excluding hydrogens is 882 g/mol. The Balaban J connectivity index is 4.05. The lowest BCUT2D eigenvalue weighted by Crippen LogP contribution is -2.29. The van der Waals surface area contributed by atoms with E-state index in [1.807, 2.05) is 0 Å². The predicted octanol–water partition coefficient (Wildman–Crippen LogP) is 16.8. The number of ether oxygens (including phenoxy) is 2. The fourth-order valence-corrected chi connectivity index (χ4v) is 7.69. The summed E-state index contributed by atoms with van der Waals surface area (Å²) in [6, 6.07) is 0. The largest absolute Gasteiger partial charge is 0.472 e. The van der Waals surface area contributed by atoms with Crippen LogP contribution < -0.4 is 5.73 Å². The SMILES string of the molecule is CC/C=C\C/C=C\C/C=C\C/C=C\C/C=C\C/C=C\C/C=C\CCCCCCCCCCCC(=O)OC(COC(=O)CCCCCCCCC/C=C\C/C=C\C/C=C\CC)COP(=O)(O)OCCN. The van der Waals surface area contributed by atoms with E-state index >= 15 is 0 Å². The summed E-state index contributed by atoms with van der Waals surface area (Å²) in [6.07, 6.45) is 73.8. The number of unbranched alkanes of at least 4 members (excludes halogenated alkanes) is 16. The van der Waals surface area contributed by atoms with E-state index in [1.165, 1.54) is 51.4 Å². The molecule has 0 aromatic rings. The minimum atomic E-state index is -4.40. The lowest BCUT2D eigenvalue weighted by molar-refractivity contribution is -0.161. The van der Waals surface area contributed by atoms with Crippen molar-refractivity contribution in [1.29, 1.82) is 0 Å². The first-order chi connectivity index (χ1) is 33.8. The van der Waals surface area contributed by atoms with Gasteiger partial charge in [0.2, 0.25) is 0 Å². The van der Waals surface area contributed by atoms with E-state index in [0.29, 0.717) is 12.8 Å². The van der Waals surface area contributed by atoms with Gasteiger partial charge in [-0.25, -0.2) is 4.57 Å². The molecule has 0 fully saturated rings. The summed E-state index contributed by atoms with van der Waals surface area (Å²) in [5.41, 5.74) is 5.37. The number of carbonyl (C=O) groups excluding carboxylic acids is 2. The highest BCUT2D eigenvalue weighted by Crippen LogP contribution is 2.43. The van der Waals surface area contributed by atoms with Crippen molar-refractivity contribution in [2.24, 2.45) is 5.73 Å². The Kier molecular flexibility index (Phi) is 51.0. The summed E-state index contributed by atoms with van der Waals surface area (Å²) in [6.45, 7) is 3.48. The molecule has 2 atom stereocenters. The van der Waals surface area contributed by atoms with E-state index in [-0.39, 0.29) is 32.6 Å². The van der Waals surface area contributed by atoms with Crippen molar-refractivity contribution >= 4 is 19.8 Å². The van der Waals surface area contributed by atoms with Gasteiger partial charge in [0.1, 0.15) is 6.61 Å². The maximum absolute atomic E-state index is 12.7. The molecule has 0 rings (SSSR count). The molecule has 0 amide bonds. The maximum Gasteiger partial charge on any atom is 0.472 e. The molecule has 2 unspecified atom stereocenters. The Hall–Kier alpha value is -3.59. The zero-order chi connectivity index (χ0) is 50.2. The van der Waals surface area contributed by atoms with Crippen LogP contribution in [-0.2, 0) is 32.7 Å². The van der Waals surface area contributed by atoms with Gasteiger partial charge in [-0.3, -0.25) is 18.6 Å². The van der Waals surface area contributed by atoms with Crippen LogP contribution in [0.15, 0.2) is 122 Å². The summed E-state index contributed by atoms with van der Waals surface area (Å²) in [4.78, 5) is 35.1. The number of phosphoric acid groups is 1. The fraction of sp³-hybridized carbons (Fsp3) is 0.627. The van der Waals surface area contributed by atoms with Crippen LogP contribution in [0.1, 0.15) is 206 Å². The Labute approximate surface area is 421 Å². The molecule has 0 aromatic carbocycles. The van der Waals surface area contributed by atoms with E-state index in [4.69, 9.17) is 24.3 Å². The lowest BCUT2D eigenvalue weighted by atomic mass is 10.1. The predicted molar refractivity (Wildman–Crippen MR) is 293 cm³/mol. The molecule has 0 heterocycles. The van der Waals surface area contributed by atoms with Crippen molar-refractivity contribution in [2.75, 3.05) is 26.4 Å². The zero-order valence-corrected chi connectivity index (χ0v) is 44.4. The minimum absolute atomic E-state index is 0.0444. The van der Waals surface area contributed by atoms with Gasteiger partial charge in [-0.2, -0.15) is 0 Å². The molecule has 0 aliphatic rings. The van der Waals surface area contributed by atoms with Crippen LogP contribution in [0.3, 0.4) is 0 Å². The van der Waals surface area contributed by atoms with Crippen LogP contribution in [0.5, 0.6) is 0 Å². The highest BCUT2D eigenvalue weighted by Gasteiger charge is 2.26. The van der Waals surface area contributed by atoms with Gasteiger partial charge in [-0.05, 0) is 103 Å². The van der Waals surface area contributed by atoms with Gasteiger partial charge in [0.25, 0.3) is 0 Å². The van der Waals surface area contributed by atoms with Crippen molar-refractivity contribution in [1.82, 2.24) is 0 Å². The lowest BCUT2D eigenvalue weighted by Gasteiger charge is -2.19. The third-order valence-electron chi connectivity index (χ3n) is 10.8. The number of esters is 2. The van der Waals surface area contributed by atoms with Gasteiger partial charge >= 0.3 is 19.8 Å². The van der Waals surface area contributed by atoms with Crippen molar-refractivity contribution in [3.63, 3.8) is 0 Å². The molecule has 392 valence electrons. The molecule has 0 saturated heterocycles. The molecule has 69 heavy (non-hydrogen) atoms. The Bertz CT molecular complexity index is 1540. The first-order valence-electron chi connectivity index (χ1n) is 27.0. The molecule has 0 radical (unpaired) electrons. The highest BCUT2D eigenvalue weighted by atomic mass is 31.2. The smallest absolute Gasteiger partial charge is 0.462 e. The molecule has 3 N–H and O–H groups in total. The van der Waals surface area contributed by atoms with E-state index < -0.39 is 32.5 Å². The molecule has 0 bridgehead atoms. The monoisotopic (exact) mass is 980 g/mol. The van der Waals surface area contributed by atoms with Gasteiger partial charge in [-0.15, -0.1) is 0 Å². The van der Waals surface area contributed by atoms with E-state index in [0.717, 1.165) is 116 Å². The van der Waals surface area contributed by atoms with Crippen LogP contribution in [0.4, 0.5) is 0 Å². The molecular formula is C59H98NO8P. The van der Waals surface area contributed by atoms with Crippen molar-refractivity contribution in [2.45, 2.75) is 213 Å². The van der Waals surface area contributed by atoms with Gasteiger partial charge in [-0.1, -0.05) is 212 Å². The molecule has 10 heteroatoms. The van der Waals surface area contributed by atoms with Crippen LogP contribution in [-0.4, -0.2) is 49.3 Å². The molecule has 9 nitrogen and oxygen atoms in total. The third kappa shape index (κ3) is 53.6. The van der Waals surface area contributed by atoms with Gasteiger partial charge in [0.05, 0.1) is 13.2 Å². The van der Waals surface area contributed by atoms with Crippen LogP contribution >= 0.6 is 7.82 Å². The van der Waals surface area contributed by atoms with Crippen molar-refractivity contribution in [3.05, 3.63) is 122 Å². The Morgan fingerprint density at radius 1 is 0.435 bits per heavy atom. The normalized spacial score (nSPS) is 14.1. The first kappa shape index (κ1) is 65.4. The molecule has 0 spiro atoms. The number of hydrogen-bond acceptors (Lipinski definition) is 8. The van der Waals surface area contributed by atoms with E-state index in [9.17, 15) is 19.0 Å². The number of hydrogen-bond donors (Lipinski definition) is 2. The van der Waals surface area contributed by atoms with Crippen molar-refractivity contribution in [3.8, 4) is 0 Å². The standard InChI is InChI=1S/C59H98NO8P/c1-3-5-7-9-11-13-15-17-19-21-22-23-24-25-26-27-28-29-30-31-32-33-34-36-38-40-42-44-46-48-50-52-59(62)68-57(56-67-69(63,64)66-54-53-60)55-65-58(61)51-49-47-45-43-41-39-37-35-20-18-16-14-12-10-8-6-4-2/h5-8,11-14,17-20,22-23,25-26,28-29,31-32,57H,3-4,9-10,15-16,21,24,27,30,33-56,60H2,1-2H3,(H,63,64)/b7-5-,8-6-,13-11-,14-12-,19-17-,20-18-,23-22-,26-25-,29-28-,32-31-. The second-order valence-electron chi connectivity index (χ2n) is 17.3. The molecule has 0 aromatic heterocycles. The number of allylic oxidation sites excluding steroid dienone is 20. The van der Waals surface area contributed by atoms with Gasteiger partial charge in [0.15, 0.2) is 6.10 Å². The summed E-state index contributed by atoms with van der Waals surface area (Å²) < 4.78 is 32.9. The van der Waals surface area contributed by atoms with Crippen molar-refractivity contribution < 1.29 is 37.6 Å². The average molecular weight is 980 g/mol. The maximum atomic E-state index is 12.7. The van der Waals surface area contributed by atoms with Crippen LogP contribution in [0, 0.1) is 0 Å². The molecule has 0 saturated carbocycles. The first-order valence-corrected chi connectivity index (χ1v) is 28.5. The third-order valence-corrected chi connectivity index (χ3v) is 11.8. The second kappa shape index (κ2) is 53.8. The second-order valence-corrected chi connectivity index (χ2v) is 18.8. The Morgan fingerprint density at radius 3 is 1.12 bits per heavy atom. The number of rotatable bonds is 49. The van der Waals surface area contributed by atoms with Gasteiger partial charge in [0, 0.05) is 19.4 Å². The number of phosphoric ester groups is 1. The van der Waals surface area contributed by atoms with E-state index in [1.54, 1.807) is 0 Å². The molecule has 0 aliphatic carbocycles. The highest BCUT2D eigenvalue weighted by molar-refractivity contribution is 7.47. The summed E-state index contributed by atoms with van der Waals surface area (Å²) in [5.74, 6) is -0.855. The van der Waals surface area contributed by atoms with Crippen LogP contribution in [0.25, 0.3) is 0 Å². The number of carbonyl (C=O) groups is 2.